The molecule has 0 atom stereocenters. The molecule has 2 rings (SSSR count). The number of nitrogens with one attached hydrogen (secondary N) is 1. The fourth-order valence-electron chi connectivity index (χ4n) is 1.57. The Morgan fingerprint density at radius 1 is 1.38 bits per heavy atom. The zero-order chi connectivity index (χ0) is 11.5. The Labute approximate surface area is 102 Å². The van der Waals surface area contributed by atoms with Crippen molar-refractivity contribution in [3.63, 3.8) is 0 Å². The van der Waals surface area contributed by atoms with E-state index in [0.29, 0.717) is 18.8 Å². The summed E-state index contributed by atoms with van der Waals surface area (Å²) in [5, 5.41) is 4.22. The van der Waals surface area contributed by atoms with Crippen molar-refractivity contribution in [2.24, 2.45) is 5.73 Å². The fourth-order valence-corrected chi connectivity index (χ4v) is 1.94. The van der Waals surface area contributed by atoms with E-state index in [1.165, 1.54) is 0 Å². The number of aromatic nitrogens is 1. The van der Waals surface area contributed by atoms with E-state index in [9.17, 15) is 0 Å². The van der Waals surface area contributed by atoms with Gasteiger partial charge in [0.05, 0.1) is 23.1 Å². The van der Waals surface area contributed by atoms with Crippen LogP contribution >= 0.6 is 15.9 Å². The predicted molar refractivity (Wildman–Crippen MR) is 71.4 cm³/mol. The van der Waals surface area contributed by atoms with Crippen LogP contribution < -0.4 is 16.8 Å². The first kappa shape index (κ1) is 11.2. The lowest BCUT2D eigenvalue weighted by molar-refractivity contribution is 1.03. The third kappa shape index (κ3) is 2.10. The number of nitrogen functional groups attached to an aromatic ring is 1. The van der Waals surface area contributed by atoms with Crippen LogP contribution in [0.4, 0.5) is 11.4 Å². The van der Waals surface area contributed by atoms with Gasteiger partial charge in [-0.3, -0.25) is 4.98 Å². The molecule has 1 aromatic heterocycles. The van der Waals surface area contributed by atoms with Gasteiger partial charge >= 0.3 is 0 Å². The molecule has 2 aromatic rings. The number of hydrogen-bond acceptors (Lipinski definition) is 4. The summed E-state index contributed by atoms with van der Waals surface area (Å²) in [5.41, 5.74) is 13.8. The molecule has 16 heavy (non-hydrogen) atoms. The maximum absolute atomic E-state index is 5.90. The molecule has 0 spiro atoms. The quantitative estimate of drug-likeness (QED) is 0.803. The molecule has 5 heteroatoms. The van der Waals surface area contributed by atoms with E-state index in [0.717, 1.165) is 21.1 Å². The lowest BCUT2D eigenvalue weighted by Crippen LogP contribution is -2.14. The first-order valence-electron chi connectivity index (χ1n) is 5.00. The zero-order valence-corrected chi connectivity index (χ0v) is 10.3. The van der Waals surface area contributed by atoms with Crippen LogP contribution in [-0.4, -0.2) is 18.1 Å². The van der Waals surface area contributed by atoms with Gasteiger partial charge in [0.2, 0.25) is 0 Å². The van der Waals surface area contributed by atoms with Crippen molar-refractivity contribution in [2.45, 2.75) is 0 Å². The standard InChI is InChI=1S/C11H13BrN4/c12-7-1-2-10-8(5-7)11(15-4-3-13)9(14)6-16-10/h1-2,5-6H,3-4,13-14H2,(H,15,16). The van der Waals surface area contributed by atoms with Gasteiger partial charge in [-0.1, -0.05) is 15.9 Å². The Morgan fingerprint density at radius 3 is 2.94 bits per heavy atom. The molecule has 0 saturated heterocycles. The molecule has 4 nitrogen and oxygen atoms in total. The van der Waals surface area contributed by atoms with E-state index in [-0.39, 0.29) is 0 Å². The van der Waals surface area contributed by atoms with Gasteiger partial charge in [0.15, 0.2) is 0 Å². The predicted octanol–water partition coefficient (Wildman–Crippen LogP) is 1.95. The molecule has 5 N–H and O–H groups in total. The third-order valence-electron chi connectivity index (χ3n) is 2.31. The highest BCUT2D eigenvalue weighted by Gasteiger charge is 2.06. The molecule has 1 heterocycles. The van der Waals surface area contributed by atoms with E-state index in [4.69, 9.17) is 11.5 Å². The monoisotopic (exact) mass is 280 g/mol. The van der Waals surface area contributed by atoms with Crippen molar-refractivity contribution in [2.75, 3.05) is 24.1 Å². The number of pyridine rings is 1. The number of anilines is 2. The molecule has 0 unspecified atom stereocenters. The Balaban J connectivity index is 2.58. The molecule has 0 saturated carbocycles. The van der Waals surface area contributed by atoms with Gasteiger partial charge in [0.1, 0.15) is 0 Å². The van der Waals surface area contributed by atoms with Crippen LogP contribution in [-0.2, 0) is 0 Å². The molecule has 0 bridgehead atoms. The Bertz CT molecular complexity index is 507. The summed E-state index contributed by atoms with van der Waals surface area (Å²) in [5.74, 6) is 0. The van der Waals surface area contributed by atoms with Crippen molar-refractivity contribution in [3.8, 4) is 0 Å². The highest BCUT2D eigenvalue weighted by atomic mass is 79.9. The van der Waals surface area contributed by atoms with Gasteiger partial charge < -0.3 is 16.8 Å². The number of nitrogens with zero attached hydrogens (tertiary/aromatic N) is 1. The smallest absolute Gasteiger partial charge is 0.0743 e. The van der Waals surface area contributed by atoms with E-state index in [1.54, 1.807) is 6.20 Å². The molecule has 0 aliphatic rings. The van der Waals surface area contributed by atoms with Gasteiger partial charge in [-0.25, -0.2) is 0 Å². The number of halogens is 1. The molecule has 0 aliphatic carbocycles. The maximum atomic E-state index is 5.90. The second-order valence-corrected chi connectivity index (χ2v) is 4.38. The lowest BCUT2D eigenvalue weighted by Gasteiger charge is -2.11. The average molecular weight is 281 g/mol. The summed E-state index contributed by atoms with van der Waals surface area (Å²) in [6, 6.07) is 5.91. The van der Waals surface area contributed by atoms with Crippen molar-refractivity contribution in [1.82, 2.24) is 4.98 Å². The number of nitrogens with two attached hydrogens (primary N) is 2. The van der Waals surface area contributed by atoms with E-state index >= 15 is 0 Å². The molecule has 84 valence electrons. The minimum atomic E-state index is 0.567. The van der Waals surface area contributed by atoms with Crippen molar-refractivity contribution in [1.29, 1.82) is 0 Å². The highest BCUT2D eigenvalue weighted by Crippen LogP contribution is 2.29. The lowest BCUT2D eigenvalue weighted by atomic mass is 10.1. The average Bonchev–Trinajstić information content (AvgIpc) is 2.28. The molecule has 0 fully saturated rings. The van der Waals surface area contributed by atoms with Crippen LogP contribution in [0.25, 0.3) is 10.9 Å². The summed E-state index contributed by atoms with van der Waals surface area (Å²) in [7, 11) is 0. The van der Waals surface area contributed by atoms with Gasteiger partial charge in [-0.15, -0.1) is 0 Å². The normalized spacial score (nSPS) is 10.6. The molecular formula is C11H13BrN4. The molecule has 0 radical (unpaired) electrons. The molecule has 0 amide bonds. The second-order valence-electron chi connectivity index (χ2n) is 3.47. The Morgan fingerprint density at radius 2 is 2.19 bits per heavy atom. The zero-order valence-electron chi connectivity index (χ0n) is 8.70. The third-order valence-corrected chi connectivity index (χ3v) is 2.80. The van der Waals surface area contributed by atoms with Crippen LogP contribution in [0.3, 0.4) is 0 Å². The van der Waals surface area contributed by atoms with Crippen molar-refractivity contribution < 1.29 is 0 Å². The number of benzene rings is 1. The van der Waals surface area contributed by atoms with Crippen LogP contribution in [0, 0.1) is 0 Å². The minimum Gasteiger partial charge on any atom is -0.396 e. The Hall–Kier alpha value is -1.33. The van der Waals surface area contributed by atoms with E-state index in [1.807, 2.05) is 18.2 Å². The highest BCUT2D eigenvalue weighted by molar-refractivity contribution is 9.10. The molecule has 0 aliphatic heterocycles. The van der Waals surface area contributed by atoms with Gasteiger partial charge in [0.25, 0.3) is 0 Å². The largest absolute Gasteiger partial charge is 0.396 e. The summed E-state index contributed by atoms with van der Waals surface area (Å²) in [6.45, 7) is 1.26. The minimum absolute atomic E-state index is 0.567. The van der Waals surface area contributed by atoms with Gasteiger partial charge in [-0.2, -0.15) is 0 Å². The number of fused-ring (bicyclic) bond motifs is 1. The van der Waals surface area contributed by atoms with Crippen LogP contribution in [0.5, 0.6) is 0 Å². The number of hydrogen-bond donors (Lipinski definition) is 3. The van der Waals surface area contributed by atoms with Gasteiger partial charge in [0, 0.05) is 22.9 Å². The van der Waals surface area contributed by atoms with E-state index < -0.39 is 0 Å². The second kappa shape index (κ2) is 4.67. The Kier molecular flexibility index (Phi) is 3.26. The van der Waals surface area contributed by atoms with Crippen LogP contribution in [0.2, 0.25) is 0 Å². The topological polar surface area (TPSA) is 77.0 Å². The van der Waals surface area contributed by atoms with Crippen LogP contribution in [0.1, 0.15) is 0 Å². The van der Waals surface area contributed by atoms with Crippen molar-refractivity contribution >= 4 is 38.2 Å². The van der Waals surface area contributed by atoms with Crippen molar-refractivity contribution in [3.05, 3.63) is 28.9 Å². The first-order chi connectivity index (χ1) is 7.72. The maximum Gasteiger partial charge on any atom is 0.0743 e. The fraction of sp³-hybridized carbons (Fsp3) is 0.182. The SMILES string of the molecule is NCCNc1c(N)cnc2ccc(Br)cc12. The summed E-state index contributed by atoms with van der Waals surface area (Å²) >= 11 is 3.44. The summed E-state index contributed by atoms with van der Waals surface area (Å²) in [4.78, 5) is 4.27. The van der Waals surface area contributed by atoms with Gasteiger partial charge in [-0.05, 0) is 18.2 Å². The summed E-state index contributed by atoms with van der Waals surface area (Å²) < 4.78 is 1.00. The summed E-state index contributed by atoms with van der Waals surface area (Å²) in [6.07, 6.45) is 1.66. The molecule has 1 aromatic carbocycles. The number of rotatable bonds is 3. The van der Waals surface area contributed by atoms with E-state index in [2.05, 4.69) is 26.2 Å². The molecular weight excluding hydrogens is 268 g/mol. The van der Waals surface area contributed by atoms with Crippen LogP contribution in [0.15, 0.2) is 28.9 Å². The first-order valence-corrected chi connectivity index (χ1v) is 5.79.